The maximum Gasteiger partial charge on any atom is 0.224 e. The highest BCUT2D eigenvalue weighted by Gasteiger charge is 2.15. The number of pyridine rings is 1. The van der Waals surface area contributed by atoms with E-state index in [9.17, 15) is 4.79 Å². The van der Waals surface area contributed by atoms with E-state index in [4.69, 9.17) is 4.74 Å². The first-order valence-electron chi connectivity index (χ1n) is 8.82. The number of carbonyl (C=O) groups is 1. The van der Waals surface area contributed by atoms with Gasteiger partial charge in [-0.3, -0.25) is 4.79 Å². The summed E-state index contributed by atoms with van der Waals surface area (Å²) in [6.45, 7) is 6.17. The average molecular weight is 339 g/mol. The maximum absolute atomic E-state index is 12.0. The van der Waals surface area contributed by atoms with Gasteiger partial charge in [0, 0.05) is 12.5 Å². The number of benzene rings is 1. The van der Waals surface area contributed by atoms with Crippen molar-refractivity contribution in [3.8, 4) is 11.6 Å². The number of hydrogen-bond acceptors (Lipinski definition) is 4. The number of carbonyl (C=O) groups excluding carboxylic acids is 1. The molecule has 132 valence electrons. The van der Waals surface area contributed by atoms with Gasteiger partial charge in [-0.1, -0.05) is 12.1 Å². The van der Waals surface area contributed by atoms with Gasteiger partial charge in [0.25, 0.3) is 0 Å². The van der Waals surface area contributed by atoms with Crippen LogP contribution in [0.2, 0.25) is 0 Å². The molecule has 1 aliphatic rings. The molecule has 1 aromatic heterocycles. The smallest absolute Gasteiger partial charge is 0.224 e. The number of hydrogen-bond donors (Lipinski definition) is 2. The van der Waals surface area contributed by atoms with Gasteiger partial charge in [0.05, 0.1) is 11.9 Å². The molecular weight excluding hydrogens is 314 g/mol. The molecule has 0 aliphatic carbocycles. The Kier molecular flexibility index (Phi) is 5.66. The summed E-state index contributed by atoms with van der Waals surface area (Å²) in [6.07, 6.45) is 4.28. The predicted octanol–water partition coefficient (Wildman–Crippen LogP) is 3.82. The number of nitrogens with one attached hydrogen (secondary N) is 2. The Hall–Kier alpha value is -2.40. The Bertz CT molecular complexity index is 722. The lowest BCUT2D eigenvalue weighted by molar-refractivity contribution is -0.116. The number of aromatic nitrogens is 1. The van der Waals surface area contributed by atoms with Gasteiger partial charge in [0.15, 0.2) is 0 Å². The summed E-state index contributed by atoms with van der Waals surface area (Å²) >= 11 is 0. The molecule has 0 bridgehead atoms. The summed E-state index contributed by atoms with van der Waals surface area (Å²) in [5.41, 5.74) is 2.98. The molecule has 2 heterocycles. The first kappa shape index (κ1) is 17.4. The fourth-order valence-electron chi connectivity index (χ4n) is 2.98. The molecule has 3 rings (SSSR count). The first-order chi connectivity index (χ1) is 12.1. The standard InChI is InChI=1S/C20H25N3O2/c1-14-4-3-5-18(15(14)2)25-20-9-7-17(13-22-20)23-19(24)8-6-16-10-11-21-12-16/h3-5,7,9,13,16,21H,6,8,10-12H2,1-2H3,(H,23,24). The van der Waals surface area contributed by atoms with E-state index < -0.39 is 0 Å². The van der Waals surface area contributed by atoms with E-state index in [1.165, 1.54) is 12.0 Å². The molecule has 1 aromatic carbocycles. The molecule has 5 nitrogen and oxygen atoms in total. The highest BCUT2D eigenvalue weighted by molar-refractivity contribution is 5.90. The van der Waals surface area contributed by atoms with Gasteiger partial charge in [-0.15, -0.1) is 0 Å². The van der Waals surface area contributed by atoms with Crippen LogP contribution in [0.4, 0.5) is 5.69 Å². The van der Waals surface area contributed by atoms with Crippen molar-refractivity contribution in [1.29, 1.82) is 0 Å². The Morgan fingerprint density at radius 3 is 2.92 bits per heavy atom. The lowest BCUT2D eigenvalue weighted by atomic mass is 10.0. The van der Waals surface area contributed by atoms with Gasteiger partial charge in [0.2, 0.25) is 11.8 Å². The lowest BCUT2D eigenvalue weighted by Gasteiger charge is -2.11. The number of anilines is 1. The summed E-state index contributed by atoms with van der Waals surface area (Å²) in [4.78, 5) is 16.3. The summed E-state index contributed by atoms with van der Waals surface area (Å²) in [7, 11) is 0. The van der Waals surface area contributed by atoms with E-state index in [0.29, 0.717) is 23.9 Å². The van der Waals surface area contributed by atoms with Crippen molar-refractivity contribution in [3.05, 3.63) is 47.7 Å². The molecule has 1 amide bonds. The van der Waals surface area contributed by atoms with Gasteiger partial charge in [-0.25, -0.2) is 4.98 Å². The third-order valence-electron chi connectivity index (χ3n) is 4.73. The third kappa shape index (κ3) is 4.79. The van der Waals surface area contributed by atoms with Crippen LogP contribution < -0.4 is 15.4 Å². The van der Waals surface area contributed by atoms with Gasteiger partial charge >= 0.3 is 0 Å². The summed E-state index contributed by atoms with van der Waals surface area (Å²) in [6, 6.07) is 9.54. The largest absolute Gasteiger partial charge is 0.439 e. The minimum Gasteiger partial charge on any atom is -0.439 e. The van der Waals surface area contributed by atoms with Crippen LogP contribution in [-0.4, -0.2) is 24.0 Å². The van der Waals surface area contributed by atoms with Gasteiger partial charge < -0.3 is 15.4 Å². The summed E-state index contributed by atoms with van der Waals surface area (Å²) < 4.78 is 5.83. The topological polar surface area (TPSA) is 63.2 Å². The monoisotopic (exact) mass is 339 g/mol. The molecule has 2 N–H and O–H groups in total. The number of nitrogens with zero attached hydrogens (tertiary/aromatic N) is 1. The molecule has 5 heteroatoms. The third-order valence-corrected chi connectivity index (χ3v) is 4.73. The van der Waals surface area contributed by atoms with Crippen LogP contribution in [-0.2, 0) is 4.79 Å². The number of aryl methyl sites for hydroxylation is 1. The normalized spacial score (nSPS) is 16.6. The minimum absolute atomic E-state index is 0.0388. The molecule has 1 aliphatic heterocycles. The second kappa shape index (κ2) is 8.12. The zero-order valence-corrected chi connectivity index (χ0v) is 14.8. The number of ether oxygens (including phenoxy) is 1. The Morgan fingerprint density at radius 2 is 2.20 bits per heavy atom. The van der Waals surface area contributed by atoms with E-state index in [-0.39, 0.29) is 5.91 Å². The van der Waals surface area contributed by atoms with Crippen LogP contribution in [0.3, 0.4) is 0 Å². The molecule has 25 heavy (non-hydrogen) atoms. The van der Waals surface area contributed by atoms with E-state index in [0.717, 1.165) is 30.8 Å². The fourth-order valence-corrected chi connectivity index (χ4v) is 2.98. The van der Waals surface area contributed by atoms with Crippen molar-refractivity contribution < 1.29 is 9.53 Å². The fraction of sp³-hybridized carbons (Fsp3) is 0.400. The molecule has 1 unspecified atom stereocenters. The van der Waals surface area contributed by atoms with E-state index in [1.807, 2.05) is 25.1 Å². The number of rotatable bonds is 6. The maximum atomic E-state index is 12.0. The van der Waals surface area contributed by atoms with E-state index in [2.05, 4.69) is 28.6 Å². The van der Waals surface area contributed by atoms with E-state index >= 15 is 0 Å². The molecule has 0 radical (unpaired) electrons. The molecule has 0 spiro atoms. The molecule has 1 saturated heterocycles. The van der Waals surface area contributed by atoms with Crippen molar-refractivity contribution >= 4 is 11.6 Å². The van der Waals surface area contributed by atoms with Crippen molar-refractivity contribution in [3.63, 3.8) is 0 Å². The average Bonchev–Trinajstić information content (AvgIpc) is 3.12. The van der Waals surface area contributed by atoms with Crippen molar-refractivity contribution in [1.82, 2.24) is 10.3 Å². The van der Waals surface area contributed by atoms with Crippen molar-refractivity contribution in [2.45, 2.75) is 33.1 Å². The van der Waals surface area contributed by atoms with Crippen LogP contribution >= 0.6 is 0 Å². The zero-order chi connectivity index (χ0) is 17.6. The molecule has 0 saturated carbocycles. The van der Waals surface area contributed by atoms with Crippen molar-refractivity contribution in [2.24, 2.45) is 5.92 Å². The van der Waals surface area contributed by atoms with Crippen LogP contribution in [0.25, 0.3) is 0 Å². The Balaban J connectivity index is 1.53. The number of amides is 1. The quantitative estimate of drug-likeness (QED) is 0.840. The van der Waals surface area contributed by atoms with E-state index in [1.54, 1.807) is 12.3 Å². The zero-order valence-electron chi connectivity index (χ0n) is 14.8. The van der Waals surface area contributed by atoms with Gasteiger partial charge in [-0.05, 0) is 69.0 Å². The second-order valence-electron chi connectivity index (χ2n) is 6.63. The second-order valence-corrected chi connectivity index (χ2v) is 6.63. The Labute approximate surface area is 148 Å². The molecule has 1 fully saturated rings. The van der Waals surface area contributed by atoms with Gasteiger partial charge in [-0.2, -0.15) is 0 Å². The predicted molar refractivity (Wildman–Crippen MR) is 99.1 cm³/mol. The summed E-state index contributed by atoms with van der Waals surface area (Å²) in [5, 5.41) is 6.22. The summed E-state index contributed by atoms with van der Waals surface area (Å²) in [5.74, 6) is 1.98. The molecule has 1 atom stereocenters. The molecule has 2 aromatic rings. The van der Waals surface area contributed by atoms with Gasteiger partial charge in [0.1, 0.15) is 5.75 Å². The van der Waals surface area contributed by atoms with Crippen LogP contribution in [0, 0.1) is 19.8 Å². The van der Waals surface area contributed by atoms with Crippen LogP contribution in [0.5, 0.6) is 11.6 Å². The first-order valence-corrected chi connectivity index (χ1v) is 8.82. The minimum atomic E-state index is 0.0388. The highest BCUT2D eigenvalue weighted by atomic mass is 16.5. The van der Waals surface area contributed by atoms with Crippen molar-refractivity contribution in [2.75, 3.05) is 18.4 Å². The molecular formula is C20H25N3O2. The van der Waals surface area contributed by atoms with Crippen LogP contribution in [0.15, 0.2) is 36.5 Å². The lowest BCUT2D eigenvalue weighted by Crippen LogP contribution is -2.15. The highest BCUT2D eigenvalue weighted by Crippen LogP contribution is 2.26. The van der Waals surface area contributed by atoms with Crippen LogP contribution in [0.1, 0.15) is 30.4 Å². The SMILES string of the molecule is Cc1cccc(Oc2ccc(NC(=O)CCC3CCNC3)cn2)c1C. The Morgan fingerprint density at radius 1 is 1.32 bits per heavy atom.